The molecule has 1 aromatic heterocycles. The first-order chi connectivity index (χ1) is 8.26. The predicted molar refractivity (Wildman–Crippen MR) is 72.1 cm³/mol. The molecule has 3 nitrogen and oxygen atoms in total. The van der Waals surface area contributed by atoms with Gasteiger partial charge in [-0.2, -0.15) is 0 Å². The van der Waals surface area contributed by atoms with Gasteiger partial charge in [0.2, 0.25) is 0 Å². The van der Waals surface area contributed by atoms with E-state index >= 15 is 0 Å². The van der Waals surface area contributed by atoms with Gasteiger partial charge < -0.3 is 10.6 Å². The van der Waals surface area contributed by atoms with Crippen molar-refractivity contribution in [3.8, 4) is 0 Å². The Morgan fingerprint density at radius 1 is 1.35 bits per heavy atom. The maximum atomic E-state index is 5.68. The van der Waals surface area contributed by atoms with Gasteiger partial charge in [0.25, 0.3) is 0 Å². The van der Waals surface area contributed by atoms with E-state index in [-0.39, 0.29) is 0 Å². The zero-order valence-corrected chi connectivity index (χ0v) is 10.9. The van der Waals surface area contributed by atoms with Gasteiger partial charge in [0, 0.05) is 24.8 Å². The number of aromatic nitrogens is 1. The first-order valence-corrected chi connectivity index (χ1v) is 6.69. The minimum absolute atomic E-state index is 0.578. The number of hydrogen-bond acceptors (Lipinski definition) is 3. The Labute approximate surface area is 104 Å². The molecule has 2 rings (SSSR count). The lowest BCUT2D eigenvalue weighted by atomic mass is 10.1. The monoisotopic (exact) mass is 233 g/mol. The minimum atomic E-state index is 0.578. The summed E-state index contributed by atoms with van der Waals surface area (Å²) >= 11 is 0. The highest BCUT2D eigenvalue weighted by atomic mass is 15.2. The van der Waals surface area contributed by atoms with Crippen molar-refractivity contribution in [1.29, 1.82) is 0 Å². The highest BCUT2D eigenvalue weighted by molar-refractivity contribution is 5.43. The van der Waals surface area contributed by atoms with Crippen LogP contribution in [-0.2, 0) is 6.54 Å². The fourth-order valence-electron chi connectivity index (χ4n) is 2.78. The molecule has 3 heteroatoms. The highest BCUT2D eigenvalue weighted by Gasteiger charge is 2.22. The van der Waals surface area contributed by atoms with Crippen LogP contribution in [0.5, 0.6) is 0 Å². The van der Waals surface area contributed by atoms with Crippen molar-refractivity contribution in [2.24, 2.45) is 5.73 Å². The predicted octanol–water partition coefficient (Wildman–Crippen LogP) is 2.62. The van der Waals surface area contributed by atoms with Gasteiger partial charge in [-0.1, -0.05) is 18.9 Å². The molecule has 1 aliphatic rings. The standard InChI is InChI=1S/C14H23N3/c1-3-17(13-6-4-5-7-13)14-9-8-12(10-15)11(2)16-14/h8-9,13H,3-7,10,15H2,1-2H3. The first-order valence-electron chi connectivity index (χ1n) is 6.69. The SMILES string of the molecule is CCN(c1ccc(CN)c(C)n1)C1CCCC1. The van der Waals surface area contributed by atoms with Gasteiger partial charge in [-0.25, -0.2) is 4.98 Å². The van der Waals surface area contributed by atoms with E-state index in [4.69, 9.17) is 10.7 Å². The van der Waals surface area contributed by atoms with Crippen molar-refractivity contribution in [3.05, 3.63) is 23.4 Å². The molecule has 0 radical (unpaired) electrons. The van der Waals surface area contributed by atoms with E-state index in [1.165, 1.54) is 25.7 Å². The van der Waals surface area contributed by atoms with Crippen LogP contribution in [-0.4, -0.2) is 17.6 Å². The van der Waals surface area contributed by atoms with Gasteiger partial charge in [0.1, 0.15) is 5.82 Å². The largest absolute Gasteiger partial charge is 0.354 e. The zero-order chi connectivity index (χ0) is 12.3. The summed E-state index contributed by atoms with van der Waals surface area (Å²) in [4.78, 5) is 7.15. The zero-order valence-electron chi connectivity index (χ0n) is 10.9. The lowest BCUT2D eigenvalue weighted by Crippen LogP contribution is -2.33. The van der Waals surface area contributed by atoms with Gasteiger partial charge in [0.05, 0.1) is 0 Å². The van der Waals surface area contributed by atoms with Crippen molar-refractivity contribution in [3.63, 3.8) is 0 Å². The van der Waals surface area contributed by atoms with Crippen LogP contribution < -0.4 is 10.6 Å². The van der Waals surface area contributed by atoms with Crippen LogP contribution in [0, 0.1) is 6.92 Å². The number of nitrogens with two attached hydrogens (primary N) is 1. The quantitative estimate of drug-likeness (QED) is 0.869. The second kappa shape index (κ2) is 5.50. The molecule has 0 aromatic carbocycles. The number of rotatable bonds is 4. The van der Waals surface area contributed by atoms with Gasteiger partial charge in [-0.15, -0.1) is 0 Å². The van der Waals surface area contributed by atoms with Gasteiger partial charge in [-0.3, -0.25) is 0 Å². The summed E-state index contributed by atoms with van der Waals surface area (Å²) in [6.07, 6.45) is 5.35. The second-order valence-electron chi connectivity index (χ2n) is 4.84. The molecular formula is C14H23N3. The molecule has 0 aliphatic heterocycles. The summed E-state index contributed by atoms with van der Waals surface area (Å²) in [5.74, 6) is 1.12. The summed E-state index contributed by atoms with van der Waals surface area (Å²) in [6, 6.07) is 4.93. The highest BCUT2D eigenvalue weighted by Crippen LogP contribution is 2.27. The first kappa shape index (κ1) is 12.4. The molecule has 1 fully saturated rings. The van der Waals surface area contributed by atoms with E-state index in [1.807, 2.05) is 6.92 Å². The molecule has 94 valence electrons. The number of hydrogen-bond donors (Lipinski definition) is 1. The Kier molecular flexibility index (Phi) is 4.00. The lowest BCUT2D eigenvalue weighted by Gasteiger charge is -2.29. The summed E-state index contributed by atoms with van der Waals surface area (Å²) in [7, 11) is 0. The Hall–Kier alpha value is -1.09. The fraction of sp³-hybridized carbons (Fsp3) is 0.643. The van der Waals surface area contributed by atoms with Crippen LogP contribution >= 0.6 is 0 Å². The normalized spacial score (nSPS) is 16.4. The molecule has 1 aliphatic carbocycles. The van der Waals surface area contributed by atoms with Gasteiger partial charge in [-0.05, 0) is 38.3 Å². The summed E-state index contributed by atoms with van der Waals surface area (Å²) < 4.78 is 0. The van der Waals surface area contributed by atoms with Crippen LogP contribution in [0.25, 0.3) is 0 Å². The van der Waals surface area contributed by atoms with Gasteiger partial charge >= 0.3 is 0 Å². The third-order valence-electron chi connectivity index (χ3n) is 3.80. The van der Waals surface area contributed by atoms with E-state index in [0.717, 1.165) is 23.6 Å². The Balaban J connectivity index is 2.21. The van der Waals surface area contributed by atoms with E-state index in [0.29, 0.717) is 12.6 Å². The summed E-state index contributed by atoms with van der Waals surface area (Å²) in [6.45, 7) is 5.88. The maximum absolute atomic E-state index is 5.68. The molecule has 1 aromatic rings. The smallest absolute Gasteiger partial charge is 0.129 e. The van der Waals surface area contributed by atoms with E-state index in [9.17, 15) is 0 Å². The van der Waals surface area contributed by atoms with Crippen molar-refractivity contribution in [2.75, 3.05) is 11.4 Å². The average molecular weight is 233 g/mol. The van der Waals surface area contributed by atoms with Crippen LogP contribution in [0.3, 0.4) is 0 Å². The molecule has 1 saturated carbocycles. The Bertz CT molecular complexity index is 370. The minimum Gasteiger partial charge on any atom is -0.354 e. The van der Waals surface area contributed by atoms with Crippen LogP contribution in [0.4, 0.5) is 5.82 Å². The number of aryl methyl sites for hydroxylation is 1. The molecular weight excluding hydrogens is 210 g/mol. The molecule has 1 heterocycles. The Morgan fingerprint density at radius 3 is 2.59 bits per heavy atom. The summed E-state index contributed by atoms with van der Waals surface area (Å²) in [5, 5.41) is 0. The Morgan fingerprint density at radius 2 is 2.06 bits per heavy atom. The van der Waals surface area contributed by atoms with E-state index < -0.39 is 0 Å². The van der Waals surface area contributed by atoms with Crippen LogP contribution in [0.15, 0.2) is 12.1 Å². The third-order valence-corrected chi connectivity index (χ3v) is 3.80. The molecule has 0 saturated heterocycles. The number of anilines is 1. The van der Waals surface area contributed by atoms with Crippen LogP contribution in [0.2, 0.25) is 0 Å². The molecule has 0 amide bonds. The molecule has 0 unspecified atom stereocenters. The van der Waals surface area contributed by atoms with Crippen molar-refractivity contribution >= 4 is 5.82 Å². The number of nitrogens with zero attached hydrogens (tertiary/aromatic N) is 2. The van der Waals surface area contributed by atoms with Crippen molar-refractivity contribution in [1.82, 2.24) is 4.98 Å². The van der Waals surface area contributed by atoms with Gasteiger partial charge in [0.15, 0.2) is 0 Å². The molecule has 0 bridgehead atoms. The van der Waals surface area contributed by atoms with Crippen molar-refractivity contribution < 1.29 is 0 Å². The molecule has 0 atom stereocenters. The lowest BCUT2D eigenvalue weighted by molar-refractivity contribution is 0.612. The number of pyridine rings is 1. The van der Waals surface area contributed by atoms with E-state index in [1.54, 1.807) is 0 Å². The average Bonchev–Trinajstić information content (AvgIpc) is 2.84. The molecule has 17 heavy (non-hydrogen) atoms. The maximum Gasteiger partial charge on any atom is 0.129 e. The third kappa shape index (κ3) is 2.60. The van der Waals surface area contributed by atoms with Crippen molar-refractivity contribution in [2.45, 2.75) is 52.1 Å². The molecule has 0 spiro atoms. The molecule has 2 N–H and O–H groups in total. The van der Waals surface area contributed by atoms with Crippen LogP contribution in [0.1, 0.15) is 43.9 Å². The van der Waals surface area contributed by atoms with E-state index in [2.05, 4.69) is 24.0 Å². The topological polar surface area (TPSA) is 42.1 Å². The second-order valence-corrected chi connectivity index (χ2v) is 4.84. The summed E-state index contributed by atoms with van der Waals surface area (Å²) in [5.41, 5.74) is 7.90. The fourth-order valence-corrected chi connectivity index (χ4v) is 2.78.